The van der Waals surface area contributed by atoms with Gasteiger partial charge in [-0.25, -0.2) is 0 Å². The molecule has 1 unspecified atom stereocenters. The van der Waals surface area contributed by atoms with Gasteiger partial charge in [-0.2, -0.15) is 0 Å². The molecule has 2 aromatic rings. The average Bonchev–Trinajstić information content (AvgIpc) is 2.93. The van der Waals surface area contributed by atoms with Crippen molar-refractivity contribution in [2.75, 3.05) is 0 Å². The summed E-state index contributed by atoms with van der Waals surface area (Å²) in [7, 11) is 0. The monoisotopic (exact) mass is 320 g/mol. The third-order valence-corrected chi connectivity index (χ3v) is 4.49. The molecule has 0 bridgehead atoms. The van der Waals surface area contributed by atoms with Crippen LogP contribution in [0.5, 0.6) is 0 Å². The molecule has 0 saturated carbocycles. The van der Waals surface area contributed by atoms with Crippen LogP contribution in [0, 0.1) is 0 Å². The van der Waals surface area contributed by atoms with Gasteiger partial charge in [-0.05, 0) is 30.0 Å². The van der Waals surface area contributed by atoms with Gasteiger partial charge in [0.25, 0.3) is 0 Å². The normalized spacial score (nSPS) is 12.6. The number of furan rings is 1. The summed E-state index contributed by atoms with van der Waals surface area (Å²) in [6.45, 7) is 4.35. The number of rotatable bonds is 6. The van der Waals surface area contributed by atoms with Gasteiger partial charge in [0.15, 0.2) is 0 Å². The molecule has 2 heteroatoms. The molecule has 1 heterocycles. The third-order valence-electron chi connectivity index (χ3n) is 3.47. The predicted molar refractivity (Wildman–Crippen MR) is 83.9 cm³/mol. The van der Waals surface area contributed by atoms with Gasteiger partial charge in [-0.1, -0.05) is 60.5 Å². The maximum Gasteiger partial charge on any atom is 0.108 e. The largest absolute Gasteiger partial charge is 0.469 e. The lowest BCUT2D eigenvalue weighted by atomic mass is 10.0. The summed E-state index contributed by atoms with van der Waals surface area (Å²) in [5, 5.41) is 0. The van der Waals surface area contributed by atoms with Gasteiger partial charge in [0.2, 0.25) is 0 Å². The van der Waals surface area contributed by atoms with E-state index in [0.717, 1.165) is 12.2 Å². The first kappa shape index (κ1) is 14.4. The first-order valence-electron chi connectivity index (χ1n) is 7.05. The van der Waals surface area contributed by atoms with Crippen molar-refractivity contribution in [1.82, 2.24) is 0 Å². The Morgan fingerprint density at radius 2 is 1.84 bits per heavy atom. The molecule has 0 radical (unpaired) electrons. The van der Waals surface area contributed by atoms with Gasteiger partial charge in [-0.15, -0.1) is 0 Å². The van der Waals surface area contributed by atoms with Crippen LogP contribution in [0.25, 0.3) is 0 Å². The molecule has 1 nitrogen and oxygen atoms in total. The third kappa shape index (κ3) is 3.50. The fourth-order valence-electron chi connectivity index (χ4n) is 2.28. The summed E-state index contributed by atoms with van der Waals surface area (Å²) in [6.07, 6.45) is 6.39. The van der Waals surface area contributed by atoms with Crippen LogP contribution in [-0.4, -0.2) is 0 Å². The second-order valence-electron chi connectivity index (χ2n) is 4.86. The molecule has 2 rings (SSSR count). The Morgan fingerprint density at radius 3 is 2.47 bits per heavy atom. The van der Waals surface area contributed by atoms with E-state index in [1.807, 2.05) is 0 Å². The van der Waals surface area contributed by atoms with Crippen LogP contribution < -0.4 is 0 Å². The maximum absolute atomic E-state index is 5.50. The second kappa shape index (κ2) is 6.95. The molecule has 102 valence electrons. The molecular weight excluding hydrogens is 300 g/mol. The van der Waals surface area contributed by atoms with Crippen molar-refractivity contribution in [2.45, 2.75) is 44.4 Å². The van der Waals surface area contributed by atoms with Crippen molar-refractivity contribution in [3.8, 4) is 0 Å². The van der Waals surface area contributed by atoms with Gasteiger partial charge >= 0.3 is 0 Å². The SMILES string of the molecule is CCCCc1ccc(C(Br)c2ccoc2CC)cc1. The molecule has 1 atom stereocenters. The number of benzene rings is 1. The van der Waals surface area contributed by atoms with E-state index < -0.39 is 0 Å². The van der Waals surface area contributed by atoms with Crippen LogP contribution in [-0.2, 0) is 12.8 Å². The van der Waals surface area contributed by atoms with Crippen LogP contribution in [0.15, 0.2) is 41.0 Å². The molecule has 0 N–H and O–H groups in total. The molecule has 0 fully saturated rings. The number of alkyl halides is 1. The summed E-state index contributed by atoms with van der Waals surface area (Å²) in [6, 6.07) is 11.0. The smallest absolute Gasteiger partial charge is 0.108 e. The number of aryl methyl sites for hydroxylation is 2. The highest BCUT2D eigenvalue weighted by atomic mass is 79.9. The van der Waals surface area contributed by atoms with Crippen molar-refractivity contribution in [1.29, 1.82) is 0 Å². The van der Waals surface area contributed by atoms with Gasteiger partial charge in [0.1, 0.15) is 5.76 Å². The molecule has 19 heavy (non-hydrogen) atoms. The van der Waals surface area contributed by atoms with Crippen LogP contribution in [0.3, 0.4) is 0 Å². The minimum absolute atomic E-state index is 0.224. The minimum atomic E-state index is 0.224. The van der Waals surface area contributed by atoms with Crippen molar-refractivity contribution in [2.24, 2.45) is 0 Å². The lowest BCUT2D eigenvalue weighted by Gasteiger charge is -2.11. The van der Waals surface area contributed by atoms with Gasteiger partial charge in [0, 0.05) is 12.0 Å². The molecule has 0 spiro atoms. The Hall–Kier alpha value is -1.02. The minimum Gasteiger partial charge on any atom is -0.469 e. The van der Waals surface area contributed by atoms with E-state index in [9.17, 15) is 0 Å². The van der Waals surface area contributed by atoms with Crippen LogP contribution in [0.2, 0.25) is 0 Å². The summed E-state index contributed by atoms with van der Waals surface area (Å²) < 4.78 is 5.50. The molecule has 0 aliphatic rings. The first-order chi connectivity index (χ1) is 9.26. The van der Waals surface area contributed by atoms with E-state index in [1.54, 1.807) is 6.26 Å². The van der Waals surface area contributed by atoms with Crippen molar-refractivity contribution in [3.05, 3.63) is 59.0 Å². The molecule has 0 aliphatic heterocycles. The van der Waals surface area contributed by atoms with Crippen LogP contribution in [0.4, 0.5) is 0 Å². The number of hydrogen-bond donors (Lipinski definition) is 0. The van der Waals surface area contributed by atoms with E-state index in [1.165, 1.54) is 36.0 Å². The maximum atomic E-state index is 5.50. The summed E-state index contributed by atoms with van der Waals surface area (Å²) >= 11 is 3.78. The van der Waals surface area contributed by atoms with E-state index in [2.05, 4.69) is 60.1 Å². The van der Waals surface area contributed by atoms with E-state index >= 15 is 0 Å². The molecule has 0 amide bonds. The quantitative estimate of drug-likeness (QED) is 0.625. The molecule has 0 saturated heterocycles. The highest BCUT2D eigenvalue weighted by Crippen LogP contribution is 2.33. The Kier molecular flexibility index (Phi) is 5.26. The fourth-order valence-corrected chi connectivity index (χ4v) is 2.99. The van der Waals surface area contributed by atoms with Crippen molar-refractivity contribution >= 4 is 15.9 Å². The van der Waals surface area contributed by atoms with Gasteiger partial charge in [0.05, 0.1) is 11.1 Å². The summed E-state index contributed by atoms with van der Waals surface area (Å²) in [4.78, 5) is 0.224. The number of hydrogen-bond acceptors (Lipinski definition) is 1. The van der Waals surface area contributed by atoms with Crippen LogP contribution >= 0.6 is 15.9 Å². The lowest BCUT2D eigenvalue weighted by Crippen LogP contribution is -1.95. The zero-order chi connectivity index (χ0) is 13.7. The Balaban J connectivity index is 2.13. The zero-order valence-electron chi connectivity index (χ0n) is 11.7. The second-order valence-corrected chi connectivity index (χ2v) is 5.78. The summed E-state index contributed by atoms with van der Waals surface area (Å²) in [5.41, 5.74) is 3.95. The molecular formula is C17H21BrO. The Labute approximate surface area is 124 Å². The summed E-state index contributed by atoms with van der Waals surface area (Å²) in [5.74, 6) is 1.07. The van der Waals surface area contributed by atoms with Crippen LogP contribution in [0.1, 0.15) is 54.0 Å². The highest BCUT2D eigenvalue weighted by molar-refractivity contribution is 9.09. The van der Waals surface area contributed by atoms with E-state index in [4.69, 9.17) is 4.42 Å². The Bertz CT molecular complexity index is 498. The fraction of sp³-hybridized carbons (Fsp3) is 0.412. The zero-order valence-corrected chi connectivity index (χ0v) is 13.2. The highest BCUT2D eigenvalue weighted by Gasteiger charge is 2.15. The number of unbranched alkanes of at least 4 members (excludes halogenated alkanes) is 1. The van der Waals surface area contributed by atoms with E-state index in [0.29, 0.717) is 0 Å². The van der Waals surface area contributed by atoms with Gasteiger partial charge in [-0.3, -0.25) is 0 Å². The standard InChI is InChI=1S/C17H21BrO/c1-3-5-6-13-7-9-14(10-8-13)17(18)15-11-12-19-16(15)4-2/h7-12,17H,3-6H2,1-2H3. The topological polar surface area (TPSA) is 13.1 Å². The molecule has 1 aromatic carbocycles. The molecule has 1 aromatic heterocycles. The average molecular weight is 321 g/mol. The predicted octanol–water partition coefficient (Wildman–Crippen LogP) is 5.67. The molecule has 0 aliphatic carbocycles. The number of halogens is 1. The Morgan fingerprint density at radius 1 is 1.11 bits per heavy atom. The van der Waals surface area contributed by atoms with E-state index in [-0.39, 0.29) is 4.83 Å². The first-order valence-corrected chi connectivity index (χ1v) is 7.97. The van der Waals surface area contributed by atoms with Crippen molar-refractivity contribution in [3.63, 3.8) is 0 Å². The van der Waals surface area contributed by atoms with Gasteiger partial charge < -0.3 is 4.42 Å². The lowest BCUT2D eigenvalue weighted by molar-refractivity contribution is 0.512. The van der Waals surface area contributed by atoms with Crippen molar-refractivity contribution < 1.29 is 4.42 Å².